The Bertz CT molecular complexity index is 752. The molecule has 0 aliphatic heterocycles. The van der Waals surface area contributed by atoms with Gasteiger partial charge >= 0.3 is 0 Å². The number of benzene rings is 1. The van der Waals surface area contributed by atoms with Crippen LogP contribution in [0.5, 0.6) is 0 Å². The fourth-order valence-corrected chi connectivity index (χ4v) is 1.95. The van der Waals surface area contributed by atoms with Gasteiger partial charge in [-0.25, -0.2) is 4.98 Å². The number of para-hydroxylation sites is 2. The number of aromatic nitrogens is 3. The summed E-state index contributed by atoms with van der Waals surface area (Å²) in [6.45, 7) is 0. The highest BCUT2D eigenvalue weighted by Gasteiger charge is 2.18. The van der Waals surface area contributed by atoms with E-state index in [2.05, 4.69) is 15.3 Å². The van der Waals surface area contributed by atoms with Crippen LogP contribution in [0.3, 0.4) is 0 Å². The first-order valence-corrected chi connectivity index (χ1v) is 6.03. The summed E-state index contributed by atoms with van der Waals surface area (Å²) in [5, 5.41) is 2.75. The summed E-state index contributed by atoms with van der Waals surface area (Å²) in [4.78, 5) is 25.7. The second-order valence-electron chi connectivity index (χ2n) is 4.09. The van der Waals surface area contributed by atoms with Crippen molar-refractivity contribution in [2.45, 2.75) is 0 Å². The lowest BCUT2D eigenvalue weighted by Crippen LogP contribution is -2.20. The Morgan fingerprint density at radius 2 is 1.95 bits per heavy atom. The van der Waals surface area contributed by atoms with Crippen molar-refractivity contribution in [2.24, 2.45) is 0 Å². The average Bonchev–Trinajstić information content (AvgIpc) is 2.87. The highest BCUT2D eigenvalue weighted by Crippen LogP contribution is 2.15. The molecule has 0 unspecified atom stereocenters. The first-order chi connectivity index (χ1) is 9.79. The van der Waals surface area contributed by atoms with Gasteiger partial charge in [0.15, 0.2) is 0 Å². The van der Waals surface area contributed by atoms with Crippen LogP contribution in [0.1, 0.15) is 10.6 Å². The van der Waals surface area contributed by atoms with Gasteiger partial charge in [-0.2, -0.15) is 4.73 Å². The van der Waals surface area contributed by atoms with Gasteiger partial charge in [0.2, 0.25) is 5.82 Å². The van der Waals surface area contributed by atoms with Crippen molar-refractivity contribution < 1.29 is 9.63 Å². The lowest BCUT2D eigenvalue weighted by atomic mass is 10.3. The molecule has 6 nitrogen and oxygen atoms in total. The molecule has 0 saturated heterocycles. The number of hydrogen-bond donors (Lipinski definition) is 1. The molecule has 0 bridgehead atoms. The zero-order valence-corrected chi connectivity index (χ0v) is 10.8. The summed E-state index contributed by atoms with van der Waals surface area (Å²) in [5.41, 5.74) is 2.10. The molecule has 0 aliphatic rings. The van der Waals surface area contributed by atoms with Crippen molar-refractivity contribution in [3.8, 4) is 0 Å². The van der Waals surface area contributed by atoms with E-state index in [1.165, 1.54) is 11.8 Å². The summed E-state index contributed by atoms with van der Waals surface area (Å²) < 4.78 is 1.41. The number of amides is 1. The van der Waals surface area contributed by atoms with Gasteiger partial charge in [-0.05, 0) is 24.3 Å². The normalized spacial score (nSPS) is 10.4. The van der Waals surface area contributed by atoms with Gasteiger partial charge in [0, 0.05) is 18.1 Å². The molecule has 2 heterocycles. The van der Waals surface area contributed by atoms with Crippen molar-refractivity contribution in [3.05, 3.63) is 54.6 Å². The number of rotatable bonds is 3. The highest BCUT2D eigenvalue weighted by molar-refractivity contribution is 6.03. The van der Waals surface area contributed by atoms with Gasteiger partial charge in [-0.3, -0.25) is 9.78 Å². The number of anilines is 1. The van der Waals surface area contributed by atoms with Gasteiger partial charge < -0.3 is 10.2 Å². The van der Waals surface area contributed by atoms with E-state index < -0.39 is 0 Å². The molecule has 0 saturated carbocycles. The predicted octanol–water partition coefficient (Wildman–Crippen LogP) is 1.74. The van der Waals surface area contributed by atoms with Crippen LogP contribution in [0.15, 0.2) is 48.8 Å². The minimum absolute atomic E-state index is 0.200. The summed E-state index contributed by atoms with van der Waals surface area (Å²) >= 11 is 0. The number of carbonyl (C=O) groups excluding carboxylic acids is 1. The second kappa shape index (κ2) is 5.00. The molecular weight excluding hydrogens is 256 g/mol. The molecule has 3 aromatic rings. The number of fused-ring (bicyclic) bond motifs is 1. The van der Waals surface area contributed by atoms with Crippen molar-refractivity contribution in [3.63, 3.8) is 0 Å². The number of nitrogens with one attached hydrogen (secondary N) is 1. The monoisotopic (exact) mass is 268 g/mol. The van der Waals surface area contributed by atoms with E-state index in [1.54, 1.807) is 24.5 Å². The average molecular weight is 268 g/mol. The van der Waals surface area contributed by atoms with Gasteiger partial charge in [0.25, 0.3) is 5.91 Å². The summed E-state index contributed by atoms with van der Waals surface area (Å²) in [6.07, 6.45) is 3.21. The molecule has 0 aliphatic carbocycles. The number of imidazole rings is 1. The van der Waals surface area contributed by atoms with Crippen LogP contribution in [0, 0.1) is 0 Å². The van der Waals surface area contributed by atoms with E-state index >= 15 is 0 Å². The van der Waals surface area contributed by atoms with Crippen molar-refractivity contribution >= 4 is 22.6 Å². The second-order valence-corrected chi connectivity index (χ2v) is 4.09. The van der Waals surface area contributed by atoms with Crippen molar-refractivity contribution in [1.29, 1.82) is 0 Å². The maximum Gasteiger partial charge on any atom is 0.294 e. The van der Waals surface area contributed by atoms with E-state index in [9.17, 15) is 4.79 Å². The third kappa shape index (κ3) is 2.07. The molecule has 1 aromatic carbocycles. The first-order valence-electron chi connectivity index (χ1n) is 6.03. The molecule has 20 heavy (non-hydrogen) atoms. The van der Waals surface area contributed by atoms with Gasteiger partial charge in [0.1, 0.15) is 12.6 Å². The molecule has 0 radical (unpaired) electrons. The Labute approximate surface area is 115 Å². The molecule has 1 N–H and O–H groups in total. The molecule has 2 aromatic heterocycles. The van der Waals surface area contributed by atoms with Gasteiger partial charge in [-0.1, -0.05) is 12.1 Å². The summed E-state index contributed by atoms with van der Waals surface area (Å²) in [6, 6.07) is 10.8. The standard InChI is InChI=1S/C14H12N4O2/c1-20-18-12-5-3-2-4-11(12)17-13(18)14(19)16-10-6-8-15-9-7-10/h2-9H,1H3,(H,15,16,19). The van der Waals surface area contributed by atoms with E-state index in [0.29, 0.717) is 11.2 Å². The first kappa shape index (κ1) is 12.2. The Balaban J connectivity index is 1.99. The molecule has 100 valence electrons. The smallest absolute Gasteiger partial charge is 0.294 e. The van der Waals surface area contributed by atoms with Crippen LogP contribution >= 0.6 is 0 Å². The van der Waals surface area contributed by atoms with Crippen molar-refractivity contribution in [1.82, 2.24) is 14.7 Å². The fraction of sp³-hybridized carbons (Fsp3) is 0.0714. The molecular formula is C14H12N4O2. The lowest BCUT2D eigenvalue weighted by molar-refractivity contribution is 0.0963. The van der Waals surface area contributed by atoms with Gasteiger partial charge in [-0.15, -0.1) is 0 Å². The van der Waals surface area contributed by atoms with Gasteiger partial charge in [0.05, 0.1) is 5.52 Å². The van der Waals surface area contributed by atoms with Crippen LogP contribution in [0.2, 0.25) is 0 Å². The maximum absolute atomic E-state index is 12.3. The Hall–Kier alpha value is -2.89. The van der Waals surface area contributed by atoms with Crippen LogP contribution in [0.4, 0.5) is 5.69 Å². The SMILES string of the molecule is COn1c(C(=O)Nc2ccncc2)nc2ccccc21. The lowest BCUT2D eigenvalue weighted by Gasteiger charge is -2.07. The third-order valence-electron chi connectivity index (χ3n) is 2.84. The molecule has 0 spiro atoms. The number of hydrogen-bond acceptors (Lipinski definition) is 4. The maximum atomic E-state index is 12.3. The number of carbonyl (C=O) groups is 1. The minimum atomic E-state index is -0.339. The number of pyridine rings is 1. The summed E-state index contributed by atoms with van der Waals surface area (Å²) in [7, 11) is 1.50. The van der Waals surface area contributed by atoms with Crippen LogP contribution < -0.4 is 10.2 Å². The van der Waals surface area contributed by atoms with Crippen molar-refractivity contribution in [2.75, 3.05) is 12.4 Å². The van der Waals surface area contributed by atoms with E-state index in [0.717, 1.165) is 5.52 Å². The molecule has 3 rings (SSSR count). The van der Waals surface area contributed by atoms with E-state index in [1.807, 2.05) is 24.3 Å². The number of nitrogens with zero attached hydrogens (tertiary/aromatic N) is 3. The zero-order chi connectivity index (χ0) is 13.9. The molecule has 1 amide bonds. The molecule has 6 heteroatoms. The predicted molar refractivity (Wildman–Crippen MR) is 74.4 cm³/mol. The van der Waals surface area contributed by atoms with Crippen LogP contribution in [-0.4, -0.2) is 27.7 Å². The molecule has 0 fully saturated rings. The largest absolute Gasteiger partial charge is 0.415 e. The topological polar surface area (TPSA) is 69.0 Å². The Morgan fingerprint density at radius 1 is 1.20 bits per heavy atom. The van der Waals surface area contributed by atoms with E-state index in [4.69, 9.17) is 4.84 Å². The zero-order valence-electron chi connectivity index (χ0n) is 10.8. The van der Waals surface area contributed by atoms with E-state index in [-0.39, 0.29) is 11.7 Å². The molecule has 0 atom stereocenters. The highest BCUT2D eigenvalue weighted by atomic mass is 16.6. The third-order valence-corrected chi connectivity index (χ3v) is 2.84. The Kier molecular flexibility index (Phi) is 3.04. The quantitative estimate of drug-likeness (QED) is 0.785. The summed E-state index contributed by atoms with van der Waals surface area (Å²) in [5.74, 6) is -0.139. The minimum Gasteiger partial charge on any atom is -0.415 e. The van der Waals surface area contributed by atoms with Crippen LogP contribution in [0.25, 0.3) is 11.0 Å². The fourth-order valence-electron chi connectivity index (χ4n) is 1.95. The Morgan fingerprint density at radius 3 is 2.70 bits per heavy atom. The van der Waals surface area contributed by atoms with Crippen LogP contribution in [-0.2, 0) is 0 Å².